The molecule has 1 atom stereocenters. The Balaban J connectivity index is 3.13. The van der Waals surface area contributed by atoms with Crippen LogP contribution in [0.2, 0.25) is 5.02 Å². The van der Waals surface area contributed by atoms with Crippen LogP contribution in [0.15, 0.2) is 24.8 Å². The van der Waals surface area contributed by atoms with E-state index in [0.717, 1.165) is 37.0 Å². The van der Waals surface area contributed by atoms with Crippen LogP contribution in [0.25, 0.3) is 0 Å². The standard InChI is InChI=1S/C18H27ClO2/c1-5-9-14(8-4)15-12-16(19)18(21-11-7-3)13-17(15)20-10-6-2/h5,12-14H,1,6-11H2,2-4H3. The Labute approximate surface area is 134 Å². The SMILES string of the molecule is C=CCC(CC)c1cc(Cl)c(OCCC)cc1OCCC. The molecule has 1 aromatic carbocycles. The summed E-state index contributed by atoms with van der Waals surface area (Å²) in [6.07, 6.45) is 5.83. The van der Waals surface area contributed by atoms with Gasteiger partial charge in [-0.25, -0.2) is 0 Å². The fourth-order valence-corrected chi connectivity index (χ4v) is 2.47. The lowest BCUT2D eigenvalue weighted by molar-refractivity contribution is 0.298. The number of benzene rings is 1. The van der Waals surface area contributed by atoms with Crippen molar-refractivity contribution in [3.8, 4) is 11.5 Å². The molecule has 1 aromatic rings. The predicted molar refractivity (Wildman–Crippen MR) is 90.9 cm³/mol. The molecule has 0 saturated heterocycles. The third kappa shape index (κ3) is 5.28. The minimum atomic E-state index is 0.382. The summed E-state index contributed by atoms with van der Waals surface area (Å²) in [5.41, 5.74) is 1.15. The Bertz CT molecular complexity index is 443. The molecule has 118 valence electrons. The van der Waals surface area contributed by atoms with E-state index in [-0.39, 0.29) is 0 Å². The smallest absolute Gasteiger partial charge is 0.141 e. The molecule has 0 heterocycles. The van der Waals surface area contributed by atoms with E-state index in [1.165, 1.54) is 0 Å². The van der Waals surface area contributed by atoms with Crippen molar-refractivity contribution in [2.24, 2.45) is 0 Å². The minimum Gasteiger partial charge on any atom is -0.493 e. The van der Waals surface area contributed by atoms with Crippen LogP contribution >= 0.6 is 11.6 Å². The average molecular weight is 311 g/mol. The van der Waals surface area contributed by atoms with Crippen molar-refractivity contribution >= 4 is 11.6 Å². The van der Waals surface area contributed by atoms with Crippen molar-refractivity contribution in [2.75, 3.05) is 13.2 Å². The number of halogens is 1. The summed E-state index contributed by atoms with van der Waals surface area (Å²) in [7, 11) is 0. The first-order valence-corrected chi connectivity index (χ1v) is 8.25. The molecule has 0 amide bonds. The molecular weight excluding hydrogens is 284 g/mol. The predicted octanol–water partition coefficient (Wildman–Crippen LogP) is 5.99. The van der Waals surface area contributed by atoms with Crippen LogP contribution in [0.3, 0.4) is 0 Å². The second-order valence-electron chi connectivity index (χ2n) is 5.15. The Morgan fingerprint density at radius 3 is 2.24 bits per heavy atom. The molecule has 1 unspecified atom stereocenters. The number of hydrogen-bond acceptors (Lipinski definition) is 2. The largest absolute Gasteiger partial charge is 0.493 e. The maximum absolute atomic E-state index is 6.37. The van der Waals surface area contributed by atoms with E-state index in [0.29, 0.717) is 29.9 Å². The van der Waals surface area contributed by atoms with Gasteiger partial charge in [0.1, 0.15) is 11.5 Å². The molecule has 0 spiro atoms. The van der Waals surface area contributed by atoms with Gasteiger partial charge in [-0.3, -0.25) is 0 Å². The van der Waals surface area contributed by atoms with E-state index in [1.54, 1.807) is 0 Å². The first-order chi connectivity index (χ1) is 10.2. The van der Waals surface area contributed by atoms with E-state index in [2.05, 4.69) is 27.4 Å². The van der Waals surface area contributed by atoms with Crippen LogP contribution in [-0.4, -0.2) is 13.2 Å². The second-order valence-corrected chi connectivity index (χ2v) is 5.55. The van der Waals surface area contributed by atoms with Crippen molar-refractivity contribution < 1.29 is 9.47 Å². The van der Waals surface area contributed by atoms with Crippen molar-refractivity contribution in [3.05, 3.63) is 35.4 Å². The molecule has 0 saturated carbocycles. The van der Waals surface area contributed by atoms with Gasteiger partial charge >= 0.3 is 0 Å². The van der Waals surface area contributed by atoms with Gasteiger partial charge in [0.15, 0.2) is 0 Å². The van der Waals surface area contributed by atoms with Gasteiger partial charge in [-0.05, 0) is 43.2 Å². The zero-order chi connectivity index (χ0) is 15.7. The Morgan fingerprint density at radius 2 is 1.71 bits per heavy atom. The highest BCUT2D eigenvalue weighted by Crippen LogP contribution is 2.39. The van der Waals surface area contributed by atoms with Gasteiger partial charge in [0.05, 0.1) is 18.2 Å². The van der Waals surface area contributed by atoms with Gasteiger partial charge in [0.2, 0.25) is 0 Å². The van der Waals surface area contributed by atoms with Crippen LogP contribution in [0.5, 0.6) is 11.5 Å². The highest BCUT2D eigenvalue weighted by atomic mass is 35.5. The Kier molecular flexibility index (Phi) is 8.29. The van der Waals surface area contributed by atoms with Crippen molar-refractivity contribution in [2.45, 2.75) is 52.4 Å². The highest BCUT2D eigenvalue weighted by molar-refractivity contribution is 6.32. The summed E-state index contributed by atoms with van der Waals surface area (Å²) in [6, 6.07) is 3.93. The van der Waals surface area contributed by atoms with Crippen molar-refractivity contribution in [1.82, 2.24) is 0 Å². The van der Waals surface area contributed by atoms with Crippen LogP contribution < -0.4 is 9.47 Å². The second kappa shape index (κ2) is 9.73. The van der Waals surface area contributed by atoms with E-state index < -0.39 is 0 Å². The number of allylic oxidation sites excluding steroid dienone is 1. The molecular formula is C18H27ClO2. The van der Waals surface area contributed by atoms with E-state index in [9.17, 15) is 0 Å². The topological polar surface area (TPSA) is 18.5 Å². The number of rotatable bonds is 10. The monoisotopic (exact) mass is 310 g/mol. The van der Waals surface area contributed by atoms with Gasteiger partial charge in [0, 0.05) is 6.07 Å². The summed E-state index contributed by atoms with van der Waals surface area (Å²) in [4.78, 5) is 0. The fraction of sp³-hybridized carbons (Fsp3) is 0.556. The molecule has 0 N–H and O–H groups in total. The van der Waals surface area contributed by atoms with Crippen LogP contribution in [0.1, 0.15) is 57.9 Å². The summed E-state index contributed by atoms with van der Waals surface area (Å²) in [5.74, 6) is 1.98. The molecule has 0 fully saturated rings. The zero-order valence-corrected chi connectivity index (χ0v) is 14.2. The third-order valence-corrected chi connectivity index (χ3v) is 3.67. The summed E-state index contributed by atoms with van der Waals surface area (Å²) in [5, 5.41) is 0.657. The Hall–Kier alpha value is -1.15. The number of ether oxygens (including phenoxy) is 2. The van der Waals surface area contributed by atoms with Crippen LogP contribution in [0.4, 0.5) is 0 Å². The van der Waals surface area contributed by atoms with E-state index in [4.69, 9.17) is 21.1 Å². The minimum absolute atomic E-state index is 0.382. The molecule has 0 aliphatic heterocycles. The molecule has 1 rings (SSSR count). The van der Waals surface area contributed by atoms with Gasteiger partial charge in [-0.1, -0.05) is 38.4 Å². The average Bonchev–Trinajstić information content (AvgIpc) is 2.50. The molecule has 0 aromatic heterocycles. The molecule has 3 heteroatoms. The van der Waals surface area contributed by atoms with Gasteiger partial charge in [-0.2, -0.15) is 0 Å². The first-order valence-electron chi connectivity index (χ1n) is 7.87. The molecule has 2 nitrogen and oxygen atoms in total. The molecule has 21 heavy (non-hydrogen) atoms. The van der Waals surface area contributed by atoms with Crippen molar-refractivity contribution in [1.29, 1.82) is 0 Å². The van der Waals surface area contributed by atoms with Gasteiger partial charge in [0.25, 0.3) is 0 Å². The highest BCUT2D eigenvalue weighted by Gasteiger charge is 2.17. The molecule has 0 aliphatic carbocycles. The van der Waals surface area contributed by atoms with E-state index >= 15 is 0 Å². The summed E-state index contributed by atoms with van der Waals surface area (Å²) in [6.45, 7) is 11.6. The van der Waals surface area contributed by atoms with Crippen LogP contribution in [-0.2, 0) is 0 Å². The number of hydrogen-bond donors (Lipinski definition) is 0. The maximum atomic E-state index is 6.37. The third-order valence-electron chi connectivity index (χ3n) is 3.37. The lowest BCUT2D eigenvalue weighted by atomic mass is 9.92. The lowest BCUT2D eigenvalue weighted by Crippen LogP contribution is -2.05. The fourth-order valence-electron chi connectivity index (χ4n) is 2.24. The first kappa shape index (κ1) is 17.9. The molecule has 0 radical (unpaired) electrons. The van der Waals surface area contributed by atoms with E-state index in [1.807, 2.05) is 18.2 Å². The lowest BCUT2D eigenvalue weighted by Gasteiger charge is -2.20. The quantitative estimate of drug-likeness (QED) is 0.494. The molecule has 0 aliphatic rings. The summed E-state index contributed by atoms with van der Waals surface area (Å²) < 4.78 is 11.6. The molecule has 0 bridgehead atoms. The van der Waals surface area contributed by atoms with Crippen molar-refractivity contribution in [3.63, 3.8) is 0 Å². The van der Waals surface area contributed by atoms with Gasteiger partial charge in [-0.15, -0.1) is 6.58 Å². The van der Waals surface area contributed by atoms with Gasteiger partial charge < -0.3 is 9.47 Å². The normalized spacial score (nSPS) is 12.0. The Morgan fingerprint density at radius 1 is 1.10 bits per heavy atom. The van der Waals surface area contributed by atoms with Crippen LogP contribution in [0, 0.1) is 0 Å². The zero-order valence-electron chi connectivity index (χ0n) is 13.5. The summed E-state index contributed by atoms with van der Waals surface area (Å²) >= 11 is 6.37. The maximum Gasteiger partial charge on any atom is 0.141 e.